The number of hydrogen-bond donors (Lipinski definition) is 0. The maximum absolute atomic E-state index is 4.22. The number of pyridine rings is 1. The maximum Gasteiger partial charge on any atom is 0.117 e. The fourth-order valence-corrected chi connectivity index (χ4v) is 1.56. The van der Waals surface area contributed by atoms with E-state index in [9.17, 15) is 0 Å². The first-order chi connectivity index (χ1) is 6.77. The van der Waals surface area contributed by atoms with Crippen LogP contribution in [0.1, 0.15) is 5.69 Å². The molecule has 2 heterocycles. The lowest BCUT2D eigenvalue weighted by atomic mass is 10.1. The van der Waals surface area contributed by atoms with E-state index in [2.05, 4.69) is 30.9 Å². The number of aromatic nitrogens is 3. The predicted octanol–water partition coefficient (Wildman–Crippen LogP) is 2.61. The Morgan fingerprint density at radius 1 is 1.14 bits per heavy atom. The second-order valence-electron chi connectivity index (χ2n) is 2.92. The minimum Gasteiger partial charge on any atom is -0.261 e. The van der Waals surface area contributed by atoms with Crippen LogP contribution in [0.15, 0.2) is 35.5 Å². The van der Waals surface area contributed by atoms with Crippen molar-refractivity contribution in [3.63, 3.8) is 0 Å². The first kappa shape index (κ1) is 9.27. The summed E-state index contributed by atoms with van der Waals surface area (Å²) in [5.74, 6) is 0. The van der Waals surface area contributed by atoms with Crippen LogP contribution in [0.2, 0.25) is 0 Å². The number of aryl methyl sites for hydroxylation is 1. The molecule has 0 saturated heterocycles. The van der Waals surface area contributed by atoms with Gasteiger partial charge < -0.3 is 0 Å². The topological polar surface area (TPSA) is 38.7 Å². The van der Waals surface area contributed by atoms with Gasteiger partial charge in [-0.2, -0.15) is 0 Å². The van der Waals surface area contributed by atoms with E-state index in [1.54, 1.807) is 6.20 Å². The van der Waals surface area contributed by atoms with Crippen LogP contribution in [0.4, 0.5) is 0 Å². The normalized spacial score (nSPS) is 10.1. The highest BCUT2D eigenvalue weighted by atomic mass is 79.9. The van der Waals surface area contributed by atoms with Gasteiger partial charge in [-0.15, -0.1) is 0 Å². The van der Waals surface area contributed by atoms with Gasteiger partial charge >= 0.3 is 0 Å². The minimum absolute atomic E-state index is 0.790. The zero-order valence-corrected chi connectivity index (χ0v) is 9.19. The van der Waals surface area contributed by atoms with E-state index in [1.165, 1.54) is 6.33 Å². The van der Waals surface area contributed by atoms with E-state index in [1.807, 2.05) is 25.3 Å². The molecule has 0 bridgehead atoms. The zero-order chi connectivity index (χ0) is 9.97. The van der Waals surface area contributed by atoms with Gasteiger partial charge in [-0.25, -0.2) is 9.97 Å². The smallest absolute Gasteiger partial charge is 0.117 e. The third kappa shape index (κ3) is 1.80. The number of halogens is 1. The predicted molar refractivity (Wildman–Crippen MR) is 57.7 cm³/mol. The van der Waals surface area contributed by atoms with Gasteiger partial charge in [0, 0.05) is 29.2 Å². The lowest BCUT2D eigenvalue weighted by Gasteiger charge is -2.02. The van der Waals surface area contributed by atoms with E-state index < -0.39 is 0 Å². The largest absolute Gasteiger partial charge is 0.261 e. The number of hydrogen-bond acceptors (Lipinski definition) is 3. The van der Waals surface area contributed by atoms with Crippen molar-refractivity contribution < 1.29 is 0 Å². The molecule has 0 saturated carbocycles. The monoisotopic (exact) mass is 249 g/mol. The van der Waals surface area contributed by atoms with Crippen LogP contribution in [-0.4, -0.2) is 15.0 Å². The first-order valence-corrected chi connectivity index (χ1v) is 4.95. The van der Waals surface area contributed by atoms with Crippen molar-refractivity contribution in [2.45, 2.75) is 6.92 Å². The number of nitrogens with zero attached hydrogens (tertiary/aromatic N) is 3. The van der Waals surface area contributed by atoms with Gasteiger partial charge in [0.2, 0.25) is 0 Å². The molecule has 2 aromatic heterocycles. The average Bonchev–Trinajstić information content (AvgIpc) is 2.20. The summed E-state index contributed by atoms with van der Waals surface area (Å²) in [5, 5.41) is 0. The molecule has 2 rings (SSSR count). The van der Waals surface area contributed by atoms with Crippen LogP contribution in [0.5, 0.6) is 0 Å². The van der Waals surface area contributed by atoms with E-state index in [-0.39, 0.29) is 0 Å². The van der Waals surface area contributed by atoms with Crippen LogP contribution in [0.3, 0.4) is 0 Å². The van der Waals surface area contributed by atoms with Crippen LogP contribution in [0.25, 0.3) is 11.1 Å². The molecule has 0 aliphatic carbocycles. The van der Waals surface area contributed by atoms with Gasteiger partial charge in [-0.1, -0.05) is 6.07 Å². The average molecular weight is 250 g/mol. The van der Waals surface area contributed by atoms with Crippen molar-refractivity contribution in [3.05, 3.63) is 41.2 Å². The summed E-state index contributed by atoms with van der Waals surface area (Å²) >= 11 is 3.37. The second-order valence-corrected chi connectivity index (χ2v) is 3.67. The maximum atomic E-state index is 4.22. The molecule has 0 N–H and O–H groups in total. The Morgan fingerprint density at radius 3 is 2.64 bits per heavy atom. The van der Waals surface area contributed by atoms with Crippen LogP contribution in [-0.2, 0) is 0 Å². The van der Waals surface area contributed by atoms with Gasteiger partial charge in [0.05, 0.1) is 0 Å². The van der Waals surface area contributed by atoms with Crippen molar-refractivity contribution in [2.75, 3.05) is 0 Å². The van der Waals surface area contributed by atoms with Gasteiger partial charge in [0.25, 0.3) is 0 Å². The molecule has 0 radical (unpaired) electrons. The Balaban J connectivity index is 2.50. The second kappa shape index (κ2) is 3.84. The quantitative estimate of drug-likeness (QED) is 0.730. The van der Waals surface area contributed by atoms with Crippen molar-refractivity contribution in [1.29, 1.82) is 0 Å². The van der Waals surface area contributed by atoms with Gasteiger partial charge in [-0.05, 0) is 28.9 Å². The van der Waals surface area contributed by atoms with E-state index in [0.717, 1.165) is 21.4 Å². The van der Waals surface area contributed by atoms with Crippen molar-refractivity contribution in [1.82, 2.24) is 15.0 Å². The molecule has 0 atom stereocenters. The summed E-state index contributed by atoms with van der Waals surface area (Å²) in [4.78, 5) is 12.3. The molecule has 2 aromatic rings. The summed E-state index contributed by atoms with van der Waals surface area (Å²) in [6.07, 6.45) is 5.09. The highest BCUT2D eigenvalue weighted by Crippen LogP contribution is 2.24. The Kier molecular flexibility index (Phi) is 2.54. The molecular weight excluding hydrogens is 242 g/mol. The standard InChI is InChI=1S/C10H8BrN3/c1-7-2-3-8(4-13-7)9-5-12-6-14-10(9)11/h2-6H,1H3. The first-order valence-electron chi connectivity index (χ1n) is 4.16. The molecule has 0 aliphatic rings. The third-order valence-electron chi connectivity index (χ3n) is 1.89. The van der Waals surface area contributed by atoms with E-state index in [0.29, 0.717) is 0 Å². The number of rotatable bonds is 1. The Morgan fingerprint density at radius 2 is 2.00 bits per heavy atom. The molecule has 0 spiro atoms. The zero-order valence-electron chi connectivity index (χ0n) is 7.61. The molecule has 14 heavy (non-hydrogen) atoms. The van der Waals surface area contributed by atoms with Gasteiger partial charge in [-0.3, -0.25) is 4.98 Å². The fraction of sp³-hybridized carbons (Fsp3) is 0.100. The van der Waals surface area contributed by atoms with E-state index in [4.69, 9.17) is 0 Å². The van der Waals surface area contributed by atoms with Crippen LogP contribution >= 0.6 is 15.9 Å². The molecule has 0 fully saturated rings. The minimum atomic E-state index is 0.790. The van der Waals surface area contributed by atoms with Gasteiger partial charge in [0.15, 0.2) is 0 Å². The highest BCUT2D eigenvalue weighted by molar-refractivity contribution is 9.10. The Hall–Kier alpha value is -1.29. The van der Waals surface area contributed by atoms with Crippen molar-refractivity contribution in [2.24, 2.45) is 0 Å². The molecule has 0 aliphatic heterocycles. The molecule has 70 valence electrons. The van der Waals surface area contributed by atoms with Gasteiger partial charge in [0.1, 0.15) is 10.9 Å². The summed E-state index contributed by atoms with van der Waals surface area (Å²) in [7, 11) is 0. The molecule has 4 heteroatoms. The summed E-state index contributed by atoms with van der Waals surface area (Å²) in [6.45, 7) is 1.96. The molecule has 3 nitrogen and oxygen atoms in total. The Bertz CT molecular complexity index is 439. The van der Waals surface area contributed by atoms with Crippen LogP contribution in [0, 0.1) is 6.92 Å². The van der Waals surface area contributed by atoms with E-state index >= 15 is 0 Å². The Labute approximate surface area is 90.4 Å². The lowest BCUT2D eigenvalue weighted by Crippen LogP contribution is -1.87. The lowest BCUT2D eigenvalue weighted by molar-refractivity contribution is 1.13. The highest BCUT2D eigenvalue weighted by Gasteiger charge is 2.03. The third-order valence-corrected chi connectivity index (χ3v) is 2.52. The van der Waals surface area contributed by atoms with Crippen LogP contribution < -0.4 is 0 Å². The SMILES string of the molecule is Cc1ccc(-c2cncnc2Br)cn1. The molecule has 0 aromatic carbocycles. The molecule has 0 amide bonds. The summed E-state index contributed by atoms with van der Waals surface area (Å²) < 4.78 is 0.790. The molecular formula is C10H8BrN3. The summed E-state index contributed by atoms with van der Waals surface area (Å²) in [5.41, 5.74) is 2.98. The molecule has 0 unspecified atom stereocenters. The van der Waals surface area contributed by atoms with Crippen molar-refractivity contribution >= 4 is 15.9 Å². The van der Waals surface area contributed by atoms with Crippen molar-refractivity contribution in [3.8, 4) is 11.1 Å². The summed E-state index contributed by atoms with van der Waals surface area (Å²) in [6, 6.07) is 3.97. The fourth-order valence-electron chi connectivity index (χ4n) is 1.14.